The van der Waals surface area contributed by atoms with Crippen molar-refractivity contribution < 1.29 is 18.7 Å². The van der Waals surface area contributed by atoms with Gasteiger partial charge < -0.3 is 10.1 Å². The highest BCUT2D eigenvalue weighted by Gasteiger charge is 2.22. The van der Waals surface area contributed by atoms with Crippen LogP contribution >= 0.6 is 0 Å². The van der Waals surface area contributed by atoms with E-state index in [4.69, 9.17) is 10.00 Å². The zero-order valence-corrected chi connectivity index (χ0v) is 13.0. The number of hydrogen-bond donors (Lipinski definition) is 1. The lowest BCUT2D eigenvalue weighted by molar-refractivity contribution is -0.142. The van der Waals surface area contributed by atoms with Crippen molar-refractivity contribution in [2.24, 2.45) is 0 Å². The molecule has 6 heteroatoms. The van der Waals surface area contributed by atoms with E-state index >= 15 is 0 Å². The first kappa shape index (κ1) is 17.2. The van der Waals surface area contributed by atoms with Crippen molar-refractivity contribution in [2.75, 3.05) is 7.11 Å². The molecule has 24 heavy (non-hydrogen) atoms. The zero-order chi connectivity index (χ0) is 17.5. The molecule has 1 atom stereocenters. The van der Waals surface area contributed by atoms with Gasteiger partial charge in [-0.25, -0.2) is 9.18 Å². The third-order valence-corrected chi connectivity index (χ3v) is 3.40. The molecule has 0 aliphatic rings. The molecule has 0 aliphatic heterocycles. The van der Waals surface area contributed by atoms with Gasteiger partial charge in [-0.15, -0.1) is 0 Å². The molecule has 0 aliphatic carbocycles. The molecular weight excluding hydrogens is 311 g/mol. The van der Waals surface area contributed by atoms with Gasteiger partial charge in [0.15, 0.2) is 0 Å². The highest BCUT2D eigenvalue weighted by atomic mass is 19.1. The average Bonchev–Trinajstić information content (AvgIpc) is 2.60. The Morgan fingerprint density at radius 2 is 1.96 bits per heavy atom. The number of nitrogens with zero attached hydrogens (tertiary/aromatic N) is 1. The Bertz CT molecular complexity index is 782. The van der Waals surface area contributed by atoms with E-state index in [2.05, 4.69) is 5.32 Å². The summed E-state index contributed by atoms with van der Waals surface area (Å²) < 4.78 is 18.0. The van der Waals surface area contributed by atoms with E-state index < -0.39 is 23.7 Å². The molecule has 122 valence electrons. The largest absolute Gasteiger partial charge is 0.467 e. The van der Waals surface area contributed by atoms with Crippen LogP contribution < -0.4 is 5.32 Å². The Hall–Kier alpha value is -3.20. The molecule has 0 saturated carbocycles. The van der Waals surface area contributed by atoms with Gasteiger partial charge in [0.05, 0.1) is 18.7 Å². The van der Waals surface area contributed by atoms with Gasteiger partial charge in [-0.1, -0.05) is 12.1 Å². The number of halogens is 1. The molecule has 5 nitrogen and oxygen atoms in total. The van der Waals surface area contributed by atoms with Gasteiger partial charge in [-0.3, -0.25) is 4.79 Å². The lowest BCUT2D eigenvalue weighted by atomic mass is 10.0. The molecule has 0 fully saturated rings. The quantitative estimate of drug-likeness (QED) is 0.855. The maximum Gasteiger partial charge on any atom is 0.328 e. The number of benzene rings is 2. The van der Waals surface area contributed by atoms with Gasteiger partial charge in [0.2, 0.25) is 0 Å². The first-order valence-corrected chi connectivity index (χ1v) is 7.17. The normalized spacial score (nSPS) is 11.2. The Morgan fingerprint density at radius 1 is 1.25 bits per heavy atom. The second-order valence-corrected chi connectivity index (χ2v) is 5.07. The van der Waals surface area contributed by atoms with E-state index in [0.717, 1.165) is 0 Å². The first-order valence-electron chi connectivity index (χ1n) is 7.17. The molecule has 0 radical (unpaired) electrons. The van der Waals surface area contributed by atoms with Gasteiger partial charge in [-0.05, 0) is 42.0 Å². The fraction of sp³-hybridized carbons (Fsp3) is 0.167. The number of nitriles is 1. The fourth-order valence-corrected chi connectivity index (χ4v) is 2.17. The van der Waals surface area contributed by atoms with Crippen LogP contribution in [0.5, 0.6) is 0 Å². The second-order valence-electron chi connectivity index (χ2n) is 5.07. The molecule has 0 unspecified atom stereocenters. The van der Waals surface area contributed by atoms with E-state index in [0.29, 0.717) is 16.7 Å². The van der Waals surface area contributed by atoms with Gasteiger partial charge >= 0.3 is 5.97 Å². The van der Waals surface area contributed by atoms with Gasteiger partial charge in [-0.2, -0.15) is 5.26 Å². The molecule has 1 amide bonds. The summed E-state index contributed by atoms with van der Waals surface area (Å²) in [4.78, 5) is 24.2. The summed E-state index contributed by atoms with van der Waals surface area (Å²) in [5, 5.41) is 11.3. The van der Waals surface area contributed by atoms with E-state index in [1.54, 1.807) is 6.07 Å². The highest BCUT2D eigenvalue weighted by Crippen LogP contribution is 2.09. The van der Waals surface area contributed by atoms with Crippen LogP contribution in [0.1, 0.15) is 21.5 Å². The Balaban J connectivity index is 2.14. The first-order chi connectivity index (χ1) is 11.5. The molecule has 0 heterocycles. The third-order valence-electron chi connectivity index (χ3n) is 3.40. The number of nitrogens with one attached hydrogen (secondary N) is 1. The van der Waals surface area contributed by atoms with E-state index in [1.807, 2.05) is 6.07 Å². The van der Waals surface area contributed by atoms with Crippen LogP contribution in [0.2, 0.25) is 0 Å². The molecular formula is C18H15FN2O3. The smallest absolute Gasteiger partial charge is 0.328 e. The minimum absolute atomic E-state index is 0.104. The number of carbonyl (C=O) groups excluding carboxylic acids is 2. The SMILES string of the molecule is COC(=O)[C@H](Cc1cccc(F)c1)NC(=O)c1ccc(C#N)cc1. The second kappa shape index (κ2) is 7.88. The monoisotopic (exact) mass is 326 g/mol. The average molecular weight is 326 g/mol. The number of methoxy groups -OCH3 is 1. The lowest BCUT2D eigenvalue weighted by Gasteiger charge is -2.16. The predicted octanol–water partition coefficient (Wildman–Crippen LogP) is 2.21. The molecule has 0 saturated heterocycles. The van der Waals surface area contributed by atoms with Crippen molar-refractivity contribution >= 4 is 11.9 Å². The summed E-state index contributed by atoms with van der Waals surface area (Å²) in [6, 6.07) is 12.8. The third kappa shape index (κ3) is 4.40. The lowest BCUT2D eigenvalue weighted by Crippen LogP contribution is -2.43. The summed E-state index contributed by atoms with van der Waals surface area (Å²) in [5.74, 6) is -1.53. The summed E-state index contributed by atoms with van der Waals surface area (Å²) in [5.41, 5.74) is 1.29. The van der Waals surface area contributed by atoms with Crippen LogP contribution in [-0.4, -0.2) is 25.0 Å². The van der Waals surface area contributed by atoms with Crippen molar-refractivity contribution in [3.8, 4) is 6.07 Å². The molecule has 0 aromatic heterocycles. The Morgan fingerprint density at radius 3 is 2.54 bits per heavy atom. The van der Waals surface area contributed by atoms with Gasteiger partial charge in [0.1, 0.15) is 11.9 Å². The maximum atomic E-state index is 13.3. The van der Waals surface area contributed by atoms with E-state index in [9.17, 15) is 14.0 Å². The van der Waals surface area contributed by atoms with E-state index in [1.165, 1.54) is 49.6 Å². The molecule has 2 rings (SSSR count). The van der Waals surface area contributed by atoms with Crippen LogP contribution in [-0.2, 0) is 16.0 Å². The van der Waals surface area contributed by atoms with Crippen molar-refractivity contribution in [2.45, 2.75) is 12.5 Å². The van der Waals surface area contributed by atoms with E-state index in [-0.39, 0.29) is 6.42 Å². The summed E-state index contributed by atoms with van der Waals surface area (Å²) in [7, 11) is 1.22. The maximum absolute atomic E-state index is 13.3. The Kier molecular flexibility index (Phi) is 5.63. The van der Waals surface area contributed by atoms with Crippen LogP contribution in [0.25, 0.3) is 0 Å². The number of rotatable bonds is 5. The minimum Gasteiger partial charge on any atom is -0.467 e. The fourth-order valence-electron chi connectivity index (χ4n) is 2.17. The predicted molar refractivity (Wildman–Crippen MR) is 84.5 cm³/mol. The topological polar surface area (TPSA) is 79.2 Å². The summed E-state index contributed by atoms with van der Waals surface area (Å²) >= 11 is 0. The number of carbonyl (C=O) groups is 2. The van der Waals surface area contributed by atoms with Crippen molar-refractivity contribution in [3.63, 3.8) is 0 Å². The van der Waals surface area contributed by atoms with Crippen LogP contribution in [0, 0.1) is 17.1 Å². The van der Waals surface area contributed by atoms with Crippen molar-refractivity contribution in [1.82, 2.24) is 5.32 Å². The molecule has 0 bridgehead atoms. The number of esters is 1. The van der Waals surface area contributed by atoms with Gasteiger partial charge in [0, 0.05) is 12.0 Å². The number of ether oxygens (including phenoxy) is 1. The zero-order valence-electron chi connectivity index (χ0n) is 13.0. The number of amides is 1. The molecule has 1 N–H and O–H groups in total. The molecule has 2 aromatic carbocycles. The minimum atomic E-state index is -0.944. The summed E-state index contributed by atoms with van der Waals surface area (Å²) in [6.45, 7) is 0. The highest BCUT2D eigenvalue weighted by molar-refractivity contribution is 5.96. The Labute approximate surface area is 138 Å². The van der Waals surface area contributed by atoms with Crippen molar-refractivity contribution in [3.05, 3.63) is 71.0 Å². The van der Waals surface area contributed by atoms with Crippen LogP contribution in [0.15, 0.2) is 48.5 Å². The number of hydrogen-bond acceptors (Lipinski definition) is 4. The molecule has 0 spiro atoms. The van der Waals surface area contributed by atoms with Crippen LogP contribution in [0.3, 0.4) is 0 Å². The van der Waals surface area contributed by atoms with Gasteiger partial charge in [0.25, 0.3) is 5.91 Å². The molecule has 2 aromatic rings. The standard InChI is InChI=1S/C18H15FN2O3/c1-24-18(23)16(10-13-3-2-4-15(19)9-13)21-17(22)14-7-5-12(11-20)6-8-14/h2-9,16H,10H2,1H3,(H,21,22)/t16-/m0/s1. The van der Waals surface area contributed by atoms with Crippen molar-refractivity contribution in [1.29, 1.82) is 5.26 Å². The summed E-state index contributed by atoms with van der Waals surface area (Å²) in [6.07, 6.45) is 0.104. The van der Waals surface area contributed by atoms with Crippen LogP contribution in [0.4, 0.5) is 4.39 Å².